The summed E-state index contributed by atoms with van der Waals surface area (Å²) in [4.78, 5) is 4.72. The average Bonchev–Trinajstić information content (AvgIpc) is 2.71. The van der Waals surface area contributed by atoms with Crippen molar-refractivity contribution in [2.45, 2.75) is 44.7 Å². The minimum atomic E-state index is -0.669. The minimum absolute atomic E-state index is 0.142. The van der Waals surface area contributed by atoms with E-state index in [1.807, 2.05) is 0 Å². The Kier molecular flexibility index (Phi) is 7.52. The third-order valence-electron chi connectivity index (χ3n) is 5.37. The van der Waals surface area contributed by atoms with Gasteiger partial charge in [0.1, 0.15) is 11.6 Å². The summed E-state index contributed by atoms with van der Waals surface area (Å²) in [6, 6.07) is 9.23. The van der Waals surface area contributed by atoms with E-state index in [1.165, 1.54) is 30.4 Å². The van der Waals surface area contributed by atoms with Crippen molar-refractivity contribution in [3.05, 3.63) is 64.7 Å². The van der Waals surface area contributed by atoms with Crippen molar-refractivity contribution in [1.82, 2.24) is 10.6 Å². The Balaban J connectivity index is 1.63. The second kappa shape index (κ2) is 10.1. The van der Waals surface area contributed by atoms with E-state index in [1.54, 1.807) is 0 Å². The lowest BCUT2D eigenvalue weighted by molar-refractivity contribution is -0.288. The van der Waals surface area contributed by atoms with Crippen LogP contribution in [0.3, 0.4) is 0 Å². The highest BCUT2D eigenvalue weighted by molar-refractivity contribution is 5.56. The van der Waals surface area contributed by atoms with Crippen molar-refractivity contribution in [3.8, 4) is 0 Å². The molecular weight excluding hydrogens is 379 g/mol. The SMILES string of the molecule is CCc1ccc2c(c1)C(NCC[C@H](Cc1cc(F)cc(F)c1)N(F)OC)CCN2. The van der Waals surface area contributed by atoms with Crippen LogP contribution in [0.1, 0.15) is 42.5 Å². The van der Waals surface area contributed by atoms with Crippen LogP contribution in [-0.2, 0) is 17.7 Å². The molecule has 0 aromatic heterocycles. The second-order valence-electron chi connectivity index (χ2n) is 7.38. The molecule has 7 heteroatoms. The molecule has 1 aliphatic rings. The molecule has 2 aromatic rings. The zero-order valence-electron chi connectivity index (χ0n) is 16.9. The Morgan fingerprint density at radius 1 is 1.17 bits per heavy atom. The van der Waals surface area contributed by atoms with Gasteiger partial charge < -0.3 is 10.6 Å². The van der Waals surface area contributed by atoms with Gasteiger partial charge in [-0.1, -0.05) is 19.1 Å². The molecule has 0 aliphatic carbocycles. The molecule has 2 aromatic carbocycles. The predicted octanol–water partition coefficient (Wildman–Crippen LogP) is 4.72. The smallest absolute Gasteiger partial charge is 0.126 e. The summed E-state index contributed by atoms with van der Waals surface area (Å²) in [5.41, 5.74) is 4.02. The van der Waals surface area contributed by atoms with Gasteiger partial charge in [-0.15, -0.1) is 4.48 Å². The van der Waals surface area contributed by atoms with Crippen LogP contribution in [0, 0.1) is 11.6 Å². The number of aryl methyl sites for hydroxylation is 1. The Bertz CT molecular complexity index is 798. The van der Waals surface area contributed by atoms with Crippen LogP contribution in [0.4, 0.5) is 18.9 Å². The van der Waals surface area contributed by atoms with E-state index in [-0.39, 0.29) is 17.7 Å². The molecular formula is C22H28F3N3O. The Morgan fingerprint density at radius 3 is 2.62 bits per heavy atom. The van der Waals surface area contributed by atoms with Gasteiger partial charge in [0.05, 0.1) is 13.2 Å². The maximum absolute atomic E-state index is 14.2. The number of anilines is 1. The first-order chi connectivity index (χ1) is 14.0. The molecule has 1 aliphatic heterocycles. The first kappa shape index (κ1) is 21.6. The van der Waals surface area contributed by atoms with Gasteiger partial charge in [0.15, 0.2) is 0 Å². The summed E-state index contributed by atoms with van der Waals surface area (Å²) in [7, 11) is 1.24. The summed E-state index contributed by atoms with van der Waals surface area (Å²) < 4.78 is 41.1. The highest BCUT2D eigenvalue weighted by Crippen LogP contribution is 2.31. The molecule has 0 fully saturated rings. The molecule has 4 nitrogen and oxygen atoms in total. The summed E-state index contributed by atoms with van der Waals surface area (Å²) in [5, 5.41) is 7.18. The second-order valence-corrected chi connectivity index (χ2v) is 7.38. The molecule has 1 heterocycles. The van der Waals surface area contributed by atoms with Crippen LogP contribution < -0.4 is 10.6 Å². The predicted molar refractivity (Wildman–Crippen MR) is 108 cm³/mol. The van der Waals surface area contributed by atoms with E-state index < -0.39 is 17.7 Å². The third-order valence-corrected chi connectivity index (χ3v) is 5.37. The van der Waals surface area contributed by atoms with Crippen LogP contribution in [-0.4, -0.2) is 31.5 Å². The highest BCUT2D eigenvalue weighted by Gasteiger charge is 2.23. The lowest BCUT2D eigenvalue weighted by atomic mass is 9.95. The number of nitrogens with one attached hydrogen (secondary N) is 2. The van der Waals surface area contributed by atoms with E-state index >= 15 is 0 Å². The standard InChI is InChI=1S/C22H28F3N3O/c1-3-15-4-5-21-20(13-15)22(7-9-27-21)26-8-6-19(28(25)29-2)12-16-10-17(23)14-18(24)11-16/h4-5,10-11,13-14,19,22,26-27H,3,6-9,12H2,1-2H3/t19-,22?/m1/s1. The van der Waals surface area contributed by atoms with Crippen molar-refractivity contribution < 1.29 is 18.1 Å². The van der Waals surface area contributed by atoms with Gasteiger partial charge >= 0.3 is 0 Å². The van der Waals surface area contributed by atoms with Gasteiger partial charge in [-0.25, -0.2) is 8.78 Å². The van der Waals surface area contributed by atoms with Gasteiger partial charge in [-0.3, -0.25) is 4.84 Å². The number of halogens is 3. The molecule has 0 bridgehead atoms. The fraction of sp³-hybridized carbons (Fsp3) is 0.455. The number of nitrogens with zero attached hydrogens (tertiary/aromatic N) is 1. The van der Waals surface area contributed by atoms with Crippen molar-refractivity contribution in [3.63, 3.8) is 0 Å². The van der Waals surface area contributed by atoms with Crippen LogP contribution in [0.25, 0.3) is 0 Å². The van der Waals surface area contributed by atoms with Crippen molar-refractivity contribution in [2.24, 2.45) is 0 Å². The van der Waals surface area contributed by atoms with Gasteiger partial charge in [0.25, 0.3) is 0 Å². The summed E-state index contributed by atoms with van der Waals surface area (Å²) in [6.45, 7) is 3.54. The number of benzene rings is 2. The number of hydroxylamine groups is 1. The zero-order valence-corrected chi connectivity index (χ0v) is 16.9. The molecule has 29 heavy (non-hydrogen) atoms. The molecule has 0 radical (unpaired) electrons. The van der Waals surface area contributed by atoms with E-state index in [0.717, 1.165) is 31.1 Å². The molecule has 158 valence electrons. The third kappa shape index (κ3) is 5.72. The van der Waals surface area contributed by atoms with Crippen molar-refractivity contribution in [2.75, 3.05) is 25.5 Å². The van der Waals surface area contributed by atoms with Crippen LogP contribution in [0.15, 0.2) is 36.4 Å². The van der Waals surface area contributed by atoms with Crippen LogP contribution in [0.5, 0.6) is 0 Å². The van der Waals surface area contributed by atoms with Crippen LogP contribution >= 0.6 is 0 Å². The molecule has 1 unspecified atom stereocenters. The number of hydrogen-bond donors (Lipinski definition) is 2. The van der Waals surface area contributed by atoms with Gasteiger partial charge in [-0.2, -0.15) is 0 Å². The molecule has 0 spiro atoms. The molecule has 2 atom stereocenters. The van der Waals surface area contributed by atoms with Crippen LogP contribution in [0.2, 0.25) is 0 Å². The maximum atomic E-state index is 14.2. The fourth-order valence-electron chi connectivity index (χ4n) is 3.85. The van der Waals surface area contributed by atoms with E-state index in [4.69, 9.17) is 4.84 Å². The van der Waals surface area contributed by atoms with E-state index in [9.17, 15) is 13.3 Å². The lowest BCUT2D eigenvalue weighted by Gasteiger charge is -2.29. The number of hydrogen-bond acceptors (Lipinski definition) is 4. The molecule has 3 rings (SSSR count). The zero-order chi connectivity index (χ0) is 20.8. The monoisotopic (exact) mass is 407 g/mol. The van der Waals surface area contributed by atoms with Crippen molar-refractivity contribution >= 4 is 5.69 Å². The Labute approximate surface area is 169 Å². The number of rotatable bonds is 9. The fourth-order valence-corrected chi connectivity index (χ4v) is 3.85. The van der Waals surface area contributed by atoms with E-state index in [0.29, 0.717) is 18.5 Å². The topological polar surface area (TPSA) is 36.5 Å². The Morgan fingerprint density at radius 2 is 1.93 bits per heavy atom. The van der Waals surface area contributed by atoms with Gasteiger partial charge in [0.2, 0.25) is 0 Å². The van der Waals surface area contributed by atoms with Gasteiger partial charge in [-0.05, 0) is 72.4 Å². The lowest BCUT2D eigenvalue weighted by Crippen LogP contribution is -2.35. The van der Waals surface area contributed by atoms with Gasteiger partial charge in [0, 0.05) is 24.3 Å². The van der Waals surface area contributed by atoms with Crippen molar-refractivity contribution in [1.29, 1.82) is 0 Å². The first-order valence-corrected chi connectivity index (χ1v) is 10.0. The normalized spacial score (nSPS) is 17.1. The Hall–Kier alpha value is -2.09. The molecule has 2 N–H and O–H groups in total. The maximum Gasteiger partial charge on any atom is 0.126 e. The minimum Gasteiger partial charge on any atom is -0.385 e. The number of fused-ring (bicyclic) bond motifs is 1. The molecule has 0 saturated heterocycles. The molecule has 0 amide bonds. The summed E-state index contributed by atoms with van der Waals surface area (Å²) >= 11 is 0. The quantitative estimate of drug-likeness (QED) is 0.466. The first-order valence-electron chi connectivity index (χ1n) is 10.0. The largest absolute Gasteiger partial charge is 0.385 e. The highest BCUT2D eigenvalue weighted by atomic mass is 19.2. The molecule has 0 saturated carbocycles. The summed E-state index contributed by atoms with van der Waals surface area (Å²) in [6.07, 6.45) is 2.47. The van der Waals surface area contributed by atoms with E-state index in [2.05, 4.69) is 35.8 Å². The average molecular weight is 407 g/mol. The summed E-state index contributed by atoms with van der Waals surface area (Å²) in [5.74, 6) is -1.34.